The van der Waals surface area contributed by atoms with E-state index >= 15 is 0 Å². The average Bonchev–Trinajstić information content (AvgIpc) is 2.99. The van der Waals surface area contributed by atoms with Gasteiger partial charge >= 0.3 is 0 Å². The topological polar surface area (TPSA) is 88.4 Å². The number of amides is 1. The van der Waals surface area contributed by atoms with Gasteiger partial charge in [-0.2, -0.15) is 9.40 Å². The Morgan fingerprint density at radius 1 is 1.29 bits per heavy atom. The summed E-state index contributed by atoms with van der Waals surface area (Å²) in [5, 5.41) is 3.99. The van der Waals surface area contributed by atoms with Crippen molar-refractivity contribution < 1.29 is 13.2 Å². The van der Waals surface area contributed by atoms with Crippen LogP contribution in [0.1, 0.15) is 13.8 Å². The van der Waals surface area contributed by atoms with Gasteiger partial charge in [-0.15, -0.1) is 0 Å². The number of carbonyl (C=O) groups excluding carboxylic acids is 1. The summed E-state index contributed by atoms with van der Waals surface area (Å²) in [5.74, 6) is -0.0796. The monoisotopic (exact) mass is 315 g/mol. The number of piperazine rings is 1. The van der Waals surface area contributed by atoms with Crippen LogP contribution in [0.5, 0.6) is 0 Å². The minimum absolute atomic E-state index is 0.0269. The van der Waals surface area contributed by atoms with Crippen molar-refractivity contribution in [3.8, 4) is 0 Å². The Kier molecular flexibility index (Phi) is 4.94. The standard InChI is InChI=1S/C12H21N5O3S/c1-3-21(19,20)17-6-4-15(5-7-17)12(18)11(2)8-16-10-13-9-14-16/h9-11H,3-8H2,1-2H3. The molecule has 2 heterocycles. The molecule has 1 aliphatic rings. The van der Waals surface area contributed by atoms with Crippen LogP contribution in [0.15, 0.2) is 12.7 Å². The highest BCUT2D eigenvalue weighted by molar-refractivity contribution is 7.89. The molecule has 1 fully saturated rings. The molecule has 0 saturated carbocycles. The van der Waals surface area contributed by atoms with E-state index < -0.39 is 10.0 Å². The van der Waals surface area contributed by atoms with Crippen LogP contribution in [-0.2, 0) is 21.4 Å². The van der Waals surface area contributed by atoms with Crippen molar-refractivity contribution >= 4 is 15.9 Å². The second kappa shape index (κ2) is 6.52. The minimum atomic E-state index is -3.16. The zero-order chi connectivity index (χ0) is 15.5. The third-order valence-corrected chi connectivity index (χ3v) is 5.54. The molecular formula is C12H21N5O3S. The SMILES string of the molecule is CCS(=O)(=O)N1CCN(C(=O)C(C)Cn2cncn2)CC1. The van der Waals surface area contributed by atoms with Gasteiger partial charge in [0.2, 0.25) is 15.9 Å². The molecule has 1 atom stereocenters. The Morgan fingerprint density at radius 2 is 1.95 bits per heavy atom. The average molecular weight is 315 g/mol. The van der Waals surface area contributed by atoms with Crippen molar-refractivity contribution in [2.75, 3.05) is 31.9 Å². The number of carbonyl (C=O) groups is 1. The van der Waals surface area contributed by atoms with E-state index in [9.17, 15) is 13.2 Å². The lowest BCUT2D eigenvalue weighted by molar-refractivity contribution is -0.136. The molecule has 0 aromatic carbocycles. The zero-order valence-corrected chi connectivity index (χ0v) is 13.2. The summed E-state index contributed by atoms with van der Waals surface area (Å²) in [6.07, 6.45) is 3.01. The van der Waals surface area contributed by atoms with Crippen molar-refractivity contribution in [1.82, 2.24) is 24.0 Å². The maximum Gasteiger partial charge on any atom is 0.227 e. The van der Waals surface area contributed by atoms with Crippen molar-refractivity contribution in [2.24, 2.45) is 5.92 Å². The van der Waals surface area contributed by atoms with E-state index in [2.05, 4.69) is 10.1 Å². The molecule has 0 bridgehead atoms. The predicted molar refractivity (Wildman–Crippen MR) is 76.8 cm³/mol. The summed E-state index contributed by atoms with van der Waals surface area (Å²) >= 11 is 0. The van der Waals surface area contributed by atoms with E-state index in [1.54, 1.807) is 22.8 Å². The van der Waals surface area contributed by atoms with Gasteiger partial charge in [0.05, 0.1) is 18.2 Å². The summed E-state index contributed by atoms with van der Waals surface area (Å²) in [6, 6.07) is 0. The fourth-order valence-corrected chi connectivity index (χ4v) is 3.45. The van der Waals surface area contributed by atoms with Crippen LogP contribution in [0.4, 0.5) is 0 Å². The molecule has 1 amide bonds. The largest absolute Gasteiger partial charge is 0.340 e. The van der Waals surface area contributed by atoms with E-state index in [1.165, 1.54) is 10.6 Å². The fraction of sp³-hybridized carbons (Fsp3) is 0.750. The van der Waals surface area contributed by atoms with Gasteiger partial charge in [-0.3, -0.25) is 9.48 Å². The van der Waals surface area contributed by atoms with Gasteiger partial charge in [0.15, 0.2) is 0 Å². The van der Waals surface area contributed by atoms with E-state index in [0.29, 0.717) is 32.7 Å². The first kappa shape index (κ1) is 15.9. The van der Waals surface area contributed by atoms with Gasteiger partial charge in [0.1, 0.15) is 12.7 Å². The van der Waals surface area contributed by atoms with Crippen molar-refractivity contribution in [3.05, 3.63) is 12.7 Å². The van der Waals surface area contributed by atoms with E-state index in [0.717, 1.165) is 0 Å². The van der Waals surface area contributed by atoms with Crippen LogP contribution >= 0.6 is 0 Å². The maximum atomic E-state index is 12.3. The van der Waals surface area contributed by atoms with Crippen LogP contribution in [0, 0.1) is 5.92 Å². The van der Waals surface area contributed by atoms with Crippen LogP contribution in [0.2, 0.25) is 0 Å². The Labute approximate surface area is 124 Å². The summed E-state index contributed by atoms with van der Waals surface area (Å²) < 4.78 is 26.6. The summed E-state index contributed by atoms with van der Waals surface area (Å²) in [5.41, 5.74) is 0. The van der Waals surface area contributed by atoms with E-state index in [-0.39, 0.29) is 17.6 Å². The lowest BCUT2D eigenvalue weighted by Crippen LogP contribution is -2.52. The van der Waals surface area contributed by atoms with Gasteiger partial charge in [0, 0.05) is 26.2 Å². The van der Waals surface area contributed by atoms with Gasteiger partial charge in [-0.1, -0.05) is 6.92 Å². The fourth-order valence-electron chi connectivity index (χ4n) is 2.37. The molecule has 0 N–H and O–H groups in total. The molecule has 0 radical (unpaired) electrons. The highest BCUT2D eigenvalue weighted by atomic mass is 32.2. The molecule has 2 rings (SSSR count). The Hall–Kier alpha value is -1.48. The van der Waals surface area contributed by atoms with Crippen molar-refractivity contribution in [3.63, 3.8) is 0 Å². The van der Waals surface area contributed by atoms with Crippen LogP contribution in [0.25, 0.3) is 0 Å². The van der Waals surface area contributed by atoms with E-state index in [1.807, 2.05) is 6.92 Å². The summed E-state index contributed by atoms with van der Waals surface area (Å²) in [7, 11) is -3.16. The number of aromatic nitrogens is 3. The minimum Gasteiger partial charge on any atom is -0.340 e. The van der Waals surface area contributed by atoms with Gasteiger partial charge in [0.25, 0.3) is 0 Å². The second-order valence-electron chi connectivity index (χ2n) is 5.14. The van der Waals surface area contributed by atoms with Gasteiger partial charge in [-0.25, -0.2) is 13.4 Å². The molecule has 0 spiro atoms. The zero-order valence-electron chi connectivity index (χ0n) is 12.3. The van der Waals surface area contributed by atoms with Gasteiger partial charge in [-0.05, 0) is 6.92 Å². The van der Waals surface area contributed by atoms with Crippen molar-refractivity contribution in [1.29, 1.82) is 0 Å². The van der Waals surface area contributed by atoms with Crippen LogP contribution in [-0.4, -0.2) is 70.2 Å². The summed E-state index contributed by atoms with van der Waals surface area (Å²) in [6.45, 7) is 5.59. The first-order valence-corrected chi connectivity index (χ1v) is 8.64. The lowest BCUT2D eigenvalue weighted by atomic mass is 10.1. The van der Waals surface area contributed by atoms with Gasteiger partial charge < -0.3 is 4.90 Å². The first-order chi connectivity index (χ1) is 9.94. The quantitative estimate of drug-likeness (QED) is 0.724. The number of rotatable bonds is 5. The molecule has 1 aromatic heterocycles. The maximum absolute atomic E-state index is 12.3. The smallest absolute Gasteiger partial charge is 0.227 e. The molecule has 118 valence electrons. The molecule has 9 heteroatoms. The first-order valence-electron chi connectivity index (χ1n) is 7.03. The molecule has 1 unspecified atom stereocenters. The third-order valence-electron chi connectivity index (χ3n) is 3.66. The normalized spacial score (nSPS) is 18.7. The van der Waals surface area contributed by atoms with E-state index in [4.69, 9.17) is 0 Å². The van der Waals surface area contributed by atoms with Crippen molar-refractivity contribution in [2.45, 2.75) is 20.4 Å². The highest BCUT2D eigenvalue weighted by Crippen LogP contribution is 2.12. The Morgan fingerprint density at radius 3 is 2.48 bits per heavy atom. The summed E-state index contributed by atoms with van der Waals surface area (Å²) in [4.78, 5) is 17.9. The number of hydrogen-bond acceptors (Lipinski definition) is 5. The third kappa shape index (κ3) is 3.79. The van der Waals surface area contributed by atoms with Crippen LogP contribution < -0.4 is 0 Å². The number of sulfonamides is 1. The molecule has 21 heavy (non-hydrogen) atoms. The Bertz CT molecular complexity index is 564. The predicted octanol–water partition coefficient (Wildman–Crippen LogP) is -0.592. The molecule has 1 saturated heterocycles. The number of nitrogens with zero attached hydrogens (tertiary/aromatic N) is 5. The number of hydrogen-bond donors (Lipinski definition) is 0. The molecule has 8 nitrogen and oxygen atoms in total. The Balaban J connectivity index is 1.88. The molecule has 1 aromatic rings. The molecule has 0 aliphatic carbocycles. The molecular weight excluding hydrogens is 294 g/mol. The molecule has 1 aliphatic heterocycles. The second-order valence-corrected chi connectivity index (χ2v) is 7.40. The highest BCUT2D eigenvalue weighted by Gasteiger charge is 2.29. The van der Waals surface area contributed by atoms with Crippen LogP contribution in [0.3, 0.4) is 0 Å². The lowest BCUT2D eigenvalue weighted by Gasteiger charge is -2.35.